The average molecular weight is 261 g/mol. The van der Waals surface area contributed by atoms with Crippen molar-refractivity contribution in [2.45, 2.75) is 0 Å². The quantitative estimate of drug-likeness (QED) is 0.696. The minimum absolute atomic E-state index is 0.838. The molecule has 0 saturated carbocycles. The Labute approximate surface area is 118 Å². The van der Waals surface area contributed by atoms with Gasteiger partial charge in [-0.2, -0.15) is 0 Å². The Morgan fingerprint density at radius 3 is 2.30 bits per heavy atom. The predicted octanol–water partition coefficient (Wildman–Crippen LogP) is 4.42. The highest BCUT2D eigenvalue weighted by Crippen LogP contribution is 2.37. The number of hydrogen-bond donors (Lipinski definition) is 0. The van der Waals surface area contributed by atoms with Crippen LogP contribution in [-0.2, 0) is 0 Å². The van der Waals surface area contributed by atoms with Crippen LogP contribution >= 0.6 is 0 Å². The minimum Gasteiger partial charge on any atom is -0.496 e. The topological polar surface area (TPSA) is 22.1 Å². The monoisotopic (exact) mass is 261 g/mol. The van der Waals surface area contributed by atoms with Crippen molar-refractivity contribution in [2.24, 2.45) is 0 Å². The first-order chi connectivity index (χ1) is 9.90. The molecule has 0 amide bonds. The van der Waals surface area contributed by atoms with Crippen molar-refractivity contribution >= 4 is 0 Å². The average Bonchev–Trinajstić information content (AvgIpc) is 2.55. The van der Waals surface area contributed by atoms with E-state index in [1.807, 2.05) is 48.5 Å². The van der Waals surface area contributed by atoms with E-state index in [2.05, 4.69) is 23.2 Å². The van der Waals surface area contributed by atoms with Gasteiger partial charge in [0.15, 0.2) is 0 Å². The molecule has 2 heteroatoms. The van der Waals surface area contributed by atoms with Gasteiger partial charge < -0.3 is 4.74 Å². The first kappa shape index (κ1) is 12.4. The molecule has 0 bridgehead atoms. The Balaban J connectivity index is 2.26. The van der Waals surface area contributed by atoms with Crippen molar-refractivity contribution in [3.8, 4) is 28.1 Å². The molecule has 0 saturated heterocycles. The fraction of sp³-hybridized carbons (Fsp3) is 0.0556. The number of hydrogen-bond acceptors (Lipinski definition) is 2. The molecule has 2 aromatic carbocycles. The van der Waals surface area contributed by atoms with Crippen LogP contribution < -0.4 is 4.74 Å². The number of nitrogens with zero attached hydrogens (tertiary/aromatic N) is 1. The fourth-order valence-electron chi connectivity index (χ4n) is 2.33. The molecule has 0 aliphatic rings. The van der Waals surface area contributed by atoms with Crippen molar-refractivity contribution in [1.29, 1.82) is 0 Å². The van der Waals surface area contributed by atoms with Gasteiger partial charge in [-0.25, -0.2) is 0 Å². The second-order valence-corrected chi connectivity index (χ2v) is 4.46. The lowest BCUT2D eigenvalue weighted by atomic mass is 9.96. The van der Waals surface area contributed by atoms with E-state index in [1.165, 1.54) is 0 Å². The summed E-state index contributed by atoms with van der Waals surface area (Å²) in [6.45, 7) is 0. The fourth-order valence-corrected chi connectivity index (χ4v) is 2.33. The van der Waals surface area contributed by atoms with Crippen molar-refractivity contribution < 1.29 is 4.74 Å². The van der Waals surface area contributed by atoms with Gasteiger partial charge in [0, 0.05) is 6.20 Å². The number of rotatable bonds is 3. The molecule has 0 N–H and O–H groups in total. The van der Waals surface area contributed by atoms with Gasteiger partial charge in [-0.15, -0.1) is 0 Å². The molecule has 1 aromatic heterocycles. The van der Waals surface area contributed by atoms with E-state index in [9.17, 15) is 0 Å². The molecule has 1 heterocycles. The maximum Gasteiger partial charge on any atom is 0.128 e. The lowest BCUT2D eigenvalue weighted by Gasteiger charge is -2.13. The van der Waals surface area contributed by atoms with Gasteiger partial charge in [0.25, 0.3) is 0 Å². The Bertz CT molecular complexity index is 693. The maximum absolute atomic E-state index is 5.52. The lowest BCUT2D eigenvalue weighted by Crippen LogP contribution is -1.93. The zero-order chi connectivity index (χ0) is 13.8. The Kier molecular flexibility index (Phi) is 3.46. The number of aromatic nitrogens is 1. The highest BCUT2D eigenvalue weighted by atomic mass is 16.5. The molecule has 2 nitrogen and oxygen atoms in total. The summed E-state index contributed by atoms with van der Waals surface area (Å²) in [6, 6.07) is 22.3. The summed E-state index contributed by atoms with van der Waals surface area (Å²) >= 11 is 0. The molecule has 0 aliphatic carbocycles. The van der Waals surface area contributed by atoms with Gasteiger partial charge in [-0.1, -0.05) is 48.5 Å². The molecule has 0 aliphatic heterocycles. The summed E-state index contributed by atoms with van der Waals surface area (Å²) in [6.07, 6.45) is 1.80. The summed E-state index contributed by atoms with van der Waals surface area (Å²) in [5.74, 6) is 0.838. The predicted molar refractivity (Wildman–Crippen MR) is 81.7 cm³/mol. The summed E-state index contributed by atoms with van der Waals surface area (Å²) in [4.78, 5) is 4.46. The molecule has 98 valence electrons. The standard InChI is InChI=1S/C18H15NO/c1-20-17-12-7-10-15(14-8-3-2-4-9-14)18(17)16-11-5-6-13-19-16/h2-13H,1H3. The lowest BCUT2D eigenvalue weighted by molar-refractivity contribution is 0.416. The summed E-state index contributed by atoms with van der Waals surface area (Å²) in [5.41, 5.74) is 4.24. The van der Waals surface area contributed by atoms with Gasteiger partial charge >= 0.3 is 0 Å². The smallest absolute Gasteiger partial charge is 0.128 e. The van der Waals surface area contributed by atoms with E-state index in [4.69, 9.17) is 4.74 Å². The van der Waals surface area contributed by atoms with Crippen LogP contribution in [0.25, 0.3) is 22.4 Å². The molecule has 0 unspecified atom stereocenters. The number of methoxy groups -OCH3 is 1. The van der Waals surface area contributed by atoms with E-state index in [0.29, 0.717) is 0 Å². The molecular formula is C18H15NO. The highest BCUT2D eigenvalue weighted by Gasteiger charge is 2.13. The van der Waals surface area contributed by atoms with E-state index < -0.39 is 0 Å². The molecule has 0 radical (unpaired) electrons. The zero-order valence-corrected chi connectivity index (χ0v) is 11.3. The van der Waals surface area contributed by atoms with Crippen molar-refractivity contribution in [3.63, 3.8) is 0 Å². The maximum atomic E-state index is 5.52. The second kappa shape index (κ2) is 5.57. The molecule has 0 atom stereocenters. The molecule has 20 heavy (non-hydrogen) atoms. The third-order valence-electron chi connectivity index (χ3n) is 3.25. The van der Waals surface area contributed by atoms with Crippen LogP contribution in [0.5, 0.6) is 5.75 Å². The van der Waals surface area contributed by atoms with Crippen molar-refractivity contribution in [3.05, 3.63) is 72.9 Å². The first-order valence-electron chi connectivity index (χ1n) is 6.54. The normalized spacial score (nSPS) is 10.2. The zero-order valence-electron chi connectivity index (χ0n) is 11.3. The molecular weight excluding hydrogens is 246 g/mol. The van der Waals surface area contributed by atoms with Crippen LogP contribution in [0.3, 0.4) is 0 Å². The van der Waals surface area contributed by atoms with Crippen LogP contribution in [0.15, 0.2) is 72.9 Å². The van der Waals surface area contributed by atoms with Crippen LogP contribution in [0.1, 0.15) is 0 Å². The highest BCUT2D eigenvalue weighted by molar-refractivity contribution is 5.86. The largest absolute Gasteiger partial charge is 0.496 e. The van der Waals surface area contributed by atoms with Crippen molar-refractivity contribution in [1.82, 2.24) is 4.98 Å². The van der Waals surface area contributed by atoms with Crippen LogP contribution in [0.4, 0.5) is 0 Å². The Morgan fingerprint density at radius 1 is 0.800 bits per heavy atom. The van der Waals surface area contributed by atoms with Gasteiger partial charge in [0.2, 0.25) is 0 Å². The number of benzene rings is 2. The summed E-state index contributed by atoms with van der Waals surface area (Å²) < 4.78 is 5.52. The van der Waals surface area contributed by atoms with E-state index in [1.54, 1.807) is 13.3 Å². The molecule has 0 spiro atoms. The van der Waals surface area contributed by atoms with Gasteiger partial charge in [0.05, 0.1) is 18.4 Å². The number of pyridine rings is 1. The first-order valence-corrected chi connectivity index (χ1v) is 6.54. The van der Waals surface area contributed by atoms with Crippen molar-refractivity contribution in [2.75, 3.05) is 7.11 Å². The minimum atomic E-state index is 0.838. The van der Waals surface area contributed by atoms with Crippen LogP contribution in [0.2, 0.25) is 0 Å². The van der Waals surface area contributed by atoms with Crippen LogP contribution in [-0.4, -0.2) is 12.1 Å². The van der Waals surface area contributed by atoms with E-state index in [-0.39, 0.29) is 0 Å². The van der Waals surface area contributed by atoms with Gasteiger partial charge in [-0.05, 0) is 29.3 Å². The van der Waals surface area contributed by atoms with Crippen LogP contribution in [0, 0.1) is 0 Å². The SMILES string of the molecule is COc1cccc(-c2ccccc2)c1-c1ccccn1. The molecule has 3 aromatic rings. The summed E-state index contributed by atoms with van der Waals surface area (Å²) in [7, 11) is 1.69. The third-order valence-corrected chi connectivity index (χ3v) is 3.25. The molecule has 3 rings (SSSR count). The Morgan fingerprint density at radius 2 is 1.60 bits per heavy atom. The number of ether oxygens (including phenoxy) is 1. The summed E-state index contributed by atoms with van der Waals surface area (Å²) in [5, 5.41) is 0. The molecule has 0 fully saturated rings. The van der Waals surface area contributed by atoms with Gasteiger partial charge in [0.1, 0.15) is 5.75 Å². The Hall–Kier alpha value is -2.61. The van der Waals surface area contributed by atoms with E-state index in [0.717, 1.165) is 28.1 Å². The van der Waals surface area contributed by atoms with E-state index >= 15 is 0 Å². The third kappa shape index (κ3) is 2.28. The second-order valence-electron chi connectivity index (χ2n) is 4.46. The van der Waals surface area contributed by atoms with Gasteiger partial charge in [-0.3, -0.25) is 4.98 Å².